The minimum atomic E-state index is -1.27. The molecule has 4 N–H and O–H groups in total. The molecular formula is C17H15N7O5S3. The average molecular weight is 494 g/mol. The van der Waals surface area contributed by atoms with E-state index in [2.05, 4.69) is 26.4 Å². The van der Waals surface area contributed by atoms with Crippen molar-refractivity contribution in [3.63, 3.8) is 0 Å². The van der Waals surface area contributed by atoms with Crippen molar-refractivity contribution in [3.8, 4) is 6.07 Å². The number of thioether (sulfide) groups is 2. The molecule has 2 atom stereocenters. The lowest BCUT2D eigenvalue weighted by molar-refractivity contribution is -0.150. The number of oxime groups is 1. The van der Waals surface area contributed by atoms with Crippen LogP contribution in [0.4, 0.5) is 5.13 Å². The second kappa shape index (κ2) is 10.3. The number of β-lactam (4-membered cyclic amide) rings is 1. The Hall–Kier alpha value is -3.35. The van der Waals surface area contributed by atoms with E-state index in [1.54, 1.807) is 0 Å². The van der Waals surface area contributed by atoms with Gasteiger partial charge in [-0.25, -0.2) is 4.79 Å². The first-order chi connectivity index (χ1) is 15.4. The topological polar surface area (TPSA) is 184 Å². The van der Waals surface area contributed by atoms with E-state index in [4.69, 9.17) is 15.8 Å². The van der Waals surface area contributed by atoms with Crippen LogP contribution in [0, 0.1) is 11.3 Å². The number of aliphatic carboxylic acids is 1. The van der Waals surface area contributed by atoms with Crippen molar-refractivity contribution >= 4 is 63.7 Å². The molecule has 0 spiro atoms. The van der Waals surface area contributed by atoms with Crippen LogP contribution >= 0.6 is 35.1 Å². The van der Waals surface area contributed by atoms with Gasteiger partial charge in [0.15, 0.2) is 5.13 Å². The minimum Gasteiger partial charge on any atom is -0.477 e. The first-order valence-electron chi connectivity index (χ1n) is 8.72. The molecule has 32 heavy (non-hydrogen) atoms. The van der Waals surface area contributed by atoms with E-state index < -0.39 is 29.2 Å². The Morgan fingerprint density at radius 2 is 2.34 bits per heavy atom. The molecule has 0 aromatic carbocycles. The van der Waals surface area contributed by atoms with Crippen LogP contribution in [0.25, 0.3) is 0 Å². The maximum absolute atomic E-state index is 12.8. The Bertz CT molecular complexity index is 1090. The van der Waals surface area contributed by atoms with Crippen molar-refractivity contribution < 1.29 is 24.3 Å². The van der Waals surface area contributed by atoms with Crippen LogP contribution in [0.2, 0.25) is 0 Å². The highest BCUT2D eigenvalue weighted by molar-refractivity contribution is 8.08. The lowest BCUT2D eigenvalue weighted by atomic mass is 10.0. The number of fused-ring (bicyclic) bond motifs is 1. The number of amides is 2. The van der Waals surface area contributed by atoms with Gasteiger partial charge in [0.2, 0.25) is 11.5 Å². The standard InChI is InChI=1S/C17H15N7O5S3/c1-2-5-29-22-9(12-21-17(19)32-23-12)13(25)20-10-14(26)24-11(16(27)28)8(7-31-15(10)24)30-6-3-4-18/h2-3,6,10,15H,1,5,7H2,(H,20,25)(H,27,28)(H2,19,21,23)/b6-3-,22-9-/t10?,15-/m1/s1. The van der Waals surface area contributed by atoms with Crippen LogP contribution in [-0.4, -0.2) is 66.6 Å². The van der Waals surface area contributed by atoms with E-state index in [9.17, 15) is 19.5 Å². The number of anilines is 1. The maximum Gasteiger partial charge on any atom is 0.353 e. The molecule has 15 heteroatoms. The zero-order chi connectivity index (χ0) is 23.3. The molecule has 1 aromatic heterocycles. The van der Waals surface area contributed by atoms with Gasteiger partial charge >= 0.3 is 5.97 Å². The number of carboxylic acids is 1. The van der Waals surface area contributed by atoms with Gasteiger partial charge in [-0.05, 0) is 5.41 Å². The molecule has 3 rings (SSSR count). The molecule has 0 saturated carbocycles. The zero-order valence-corrected chi connectivity index (χ0v) is 18.6. The number of nitrogens with two attached hydrogens (primary N) is 1. The number of rotatable bonds is 9. The number of hydrogen-bond acceptors (Lipinski definition) is 12. The highest BCUT2D eigenvalue weighted by Crippen LogP contribution is 2.43. The number of hydrogen-bond donors (Lipinski definition) is 3. The van der Waals surface area contributed by atoms with Crippen molar-refractivity contribution in [1.29, 1.82) is 5.26 Å². The molecule has 2 aliphatic heterocycles. The van der Waals surface area contributed by atoms with E-state index in [0.29, 0.717) is 4.91 Å². The average Bonchev–Trinajstić information content (AvgIpc) is 3.20. The summed E-state index contributed by atoms with van der Waals surface area (Å²) in [5, 5.41) is 25.4. The van der Waals surface area contributed by atoms with Gasteiger partial charge in [-0.3, -0.25) is 14.5 Å². The maximum atomic E-state index is 12.8. The number of nitrogen functional groups attached to an aromatic ring is 1. The number of carbonyl (C=O) groups excluding carboxylic acids is 2. The third kappa shape index (κ3) is 4.77. The summed E-state index contributed by atoms with van der Waals surface area (Å²) in [5.41, 5.74) is 5.12. The molecule has 12 nitrogen and oxygen atoms in total. The monoisotopic (exact) mass is 493 g/mol. The Morgan fingerprint density at radius 3 is 2.97 bits per heavy atom. The molecule has 0 aliphatic carbocycles. The van der Waals surface area contributed by atoms with E-state index in [1.165, 1.54) is 29.3 Å². The van der Waals surface area contributed by atoms with Gasteiger partial charge in [0.1, 0.15) is 23.7 Å². The Morgan fingerprint density at radius 1 is 1.56 bits per heavy atom. The van der Waals surface area contributed by atoms with Crippen molar-refractivity contribution in [2.75, 3.05) is 18.1 Å². The van der Waals surface area contributed by atoms with Gasteiger partial charge in [-0.2, -0.15) is 14.6 Å². The molecule has 1 aromatic rings. The summed E-state index contributed by atoms with van der Waals surface area (Å²) in [5.74, 6) is -2.42. The summed E-state index contributed by atoms with van der Waals surface area (Å²) in [7, 11) is 0. The van der Waals surface area contributed by atoms with Crippen molar-refractivity contribution in [2.45, 2.75) is 11.4 Å². The summed E-state index contributed by atoms with van der Waals surface area (Å²) in [6.07, 6.45) is 2.64. The molecule has 1 saturated heterocycles. The second-order valence-electron chi connectivity index (χ2n) is 5.97. The van der Waals surface area contributed by atoms with Crippen LogP contribution in [0.3, 0.4) is 0 Å². The predicted octanol–water partition coefficient (Wildman–Crippen LogP) is 0.494. The van der Waals surface area contributed by atoms with Crippen molar-refractivity contribution in [2.24, 2.45) is 5.16 Å². The first kappa shape index (κ1) is 23.3. The highest BCUT2D eigenvalue weighted by atomic mass is 32.2. The number of nitrogens with one attached hydrogen (secondary N) is 1. The number of carbonyl (C=O) groups is 3. The minimum absolute atomic E-state index is 0.0263. The molecule has 3 heterocycles. The molecule has 1 fully saturated rings. The fourth-order valence-corrected chi connectivity index (χ4v) is 5.40. The Balaban J connectivity index is 1.79. The zero-order valence-electron chi connectivity index (χ0n) is 16.1. The quantitative estimate of drug-likeness (QED) is 0.109. The van der Waals surface area contributed by atoms with Crippen LogP contribution in [0.15, 0.2) is 39.9 Å². The molecule has 0 bridgehead atoms. The summed E-state index contributed by atoms with van der Waals surface area (Å²) in [6, 6.07) is 0.833. The lowest BCUT2D eigenvalue weighted by Gasteiger charge is -2.49. The van der Waals surface area contributed by atoms with E-state index in [0.717, 1.165) is 28.2 Å². The van der Waals surface area contributed by atoms with E-state index in [1.807, 2.05) is 6.07 Å². The van der Waals surface area contributed by atoms with Crippen molar-refractivity contribution in [3.05, 3.63) is 40.6 Å². The van der Waals surface area contributed by atoms with Gasteiger partial charge in [-0.1, -0.05) is 29.6 Å². The van der Waals surface area contributed by atoms with Gasteiger partial charge in [0.25, 0.3) is 11.8 Å². The van der Waals surface area contributed by atoms with Gasteiger partial charge in [0, 0.05) is 28.3 Å². The summed E-state index contributed by atoms with van der Waals surface area (Å²) >= 11 is 3.20. The van der Waals surface area contributed by atoms with Gasteiger partial charge in [-0.15, -0.1) is 11.8 Å². The summed E-state index contributed by atoms with van der Waals surface area (Å²) < 4.78 is 3.94. The number of carboxylic acid groups (broad SMARTS) is 1. The number of nitriles is 1. The van der Waals surface area contributed by atoms with Crippen LogP contribution in [0.5, 0.6) is 0 Å². The molecule has 0 radical (unpaired) electrons. The summed E-state index contributed by atoms with van der Waals surface area (Å²) in [6.45, 7) is 3.51. The molecule has 2 amide bonds. The van der Waals surface area contributed by atoms with Crippen molar-refractivity contribution in [1.82, 2.24) is 19.6 Å². The summed E-state index contributed by atoms with van der Waals surface area (Å²) in [4.78, 5) is 47.8. The molecule has 166 valence electrons. The fourth-order valence-electron chi connectivity index (χ4n) is 2.71. The predicted molar refractivity (Wildman–Crippen MR) is 119 cm³/mol. The number of aromatic nitrogens is 2. The van der Waals surface area contributed by atoms with E-state index in [-0.39, 0.29) is 34.7 Å². The van der Waals surface area contributed by atoms with Crippen LogP contribution < -0.4 is 11.1 Å². The SMILES string of the molecule is C=CCO/N=C(\C(=O)NC1C(=O)N2C(C(=O)O)=C(S/C=C\C#N)CS[C@H]12)c1nsc(N)n1. The molecular weight excluding hydrogens is 478 g/mol. The number of nitrogens with zero attached hydrogens (tertiary/aromatic N) is 5. The fraction of sp³-hybridized carbons (Fsp3) is 0.235. The Labute approximate surface area is 194 Å². The molecule has 2 aliphatic rings. The molecule has 1 unspecified atom stereocenters. The third-order valence-electron chi connectivity index (χ3n) is 3.99. The lowest BCUT2D eigenvalue weighted by Crippen LogP contribution is -2.71. The second-order valence-corrected chi connectivity index (χ2v) is 8.86. The number of allylic oxidation sites excluding steroid dienone is 1. The van der Waals surface area contributed by atoms with Gasteiger partial charge in [0.05, 0.1) is 6.07 Å². The Kier molecular flexibility index (Phi) is 7.51. The smallest absolute Gasteiger partial charge is 0.353 e. The van der Waals surface area contributed by atoms with Crippen LogP contribution in [-0.2, 0) is 19.2 Å². The van der Waals surface area contributed by atoms with Crippen LogP contribution in [0.1, 0.15) is 5.82 Å². The third-order valence-corrected chi connectivity index (χ3v) is 6.89. The first-order valence-corrected chi connectivity index (χ1v) is 11.4. The van der Waals surface area contributed by atoms with Gasteiger partial charge < -0.3 is 21.0 Å². The van der Waals surface area contributed by atoms with E-state index >= 15 is 0 Å². The highest BCUT2D eigenvalue weighted by Gasteiger charge is 2.54. The largest absolute Gasteiger partial charge is 0.477 e. The normalized spacial score (nSPS) is 20.4.